The van der Waals surface area contributed by atoms with E-state index >= 15 is 0 Å². The van der Waals surface area contributed by atoms with Crippen LogP contribution in [0.1, 0.15) is 45.4 Å². The average Bonchev–Trinajstić information content (AvgIpc) is 2.50. The molecule has 1 rings (SSSR count). The number of hydrogen-bond donors (Lipinski definition) is 1. The second-order valence-corrected chi connectivity index (χ2v) is 5.68. The molecule has 0 amide bonds. The van der Waals surface area contributed by atoms with Crippen molar-refractivity contribution in [1.29, 1.82) is 0 Å². The third kappa shape index (κ3) is 6.28. The Hall–Kier alpha value is -1.85. The number of carbonyl (C=O) groups is 3. The van der Waals surface area contributed by atoms with Crippen molar-refractivity contribution < 1.29 is 29.0 Å². The molecular formula is C16H24O6. The van der Waals surface area contributed by atoms with Crippen LogP contribution in [-0.4, -0.2) is 36.2 Å². The maximum Gasteiger partial charge on any atom is 0.333 e. The fourth-order valence-electron chi connectivity index (χ4n) is 2.36. The molecule has 1 saturated carbocycles. The quantitative estimate of drug-likeness (QED) is 0.420. The van der Waals surface area contributed by atoms with Gasteiger partial charge in [0.25, 0.3) is 0 Å². The first-order chi connectivity index (χ1) is 10.4. The minimum atomic E-state index is -0.781. The third-order valence-electron chi connectivity index (χ3n) is 3.77. The summed E-state index contributed by atoms with van der Waals surface area (Å²) in [5, 5.41) is 8.90. The normalized spacial score (nSPS) is 21.0. The number of aliphatic carboxylic acids is 1. The summed E-state index contributed by atoms with van der Waals surface area (Å²) < 4.78 is 10.1. The van der Waals surface area contributed by atoms with E-state index in [1.165, 1.54) is 0 Å². The molecule has 0 radical (unpaired) electrons. The number of ether oxygens (including phenoxy) is 2. The predicted molar refractivity (Wildman–Crippen MR) is 79.0 cm³/mol. The zero-order chi connectivity index (χ0) is 16.5. The lowest BCUT2D eigenvalue weighted by Crippen LogP contribution is -2.27. The average molecular weight is 312 g/mol. The molecule has 1 aliphatic rings. The molecule has 0 aliphatic heterocycles. The van der Waals surface area contributed by atoms with Gasteiger partial charge in [-0.15, -0.1) is 0 Å². The fourth-order valence-corrected chi connectivity index (χ4v) is 2.36. The Bertz CT molecular complexity index is 420. The molecule has 0 aromatic carbocycles. The summed E-state index contributed by atoms with van der Waals surface area (Å²) >= 11 is 0. The van der Waals surface area contributed by atoms with Gasteiger partial charge in [-0.3, -0.25) is 9.59 Å². The van der Waals surface area contributed by atoms with E-state index < -0.39 is 11.9 Å². The van der Waals surface area contributed by atoms with Gasteiger partial charge in [-0.05, 0) is 45.4 Å². The van der Waals surface area contributed by atoms with Gasteiger partial charge in [-0.25, -0.2) is 4.79 Å². The van der Waals surface area contributed by atoms with Crippen LogP contribution in [0.15, 0.2) is 12.2 Å². The Morgan fingerprint density at radius 3 is 2.00 bits per heavy atom. The first kappa shape index (κ1) is 18.2. The van der Waals surface area contributed by atoms with Crippen molar-refractivity contribution in [3.63, 3.8) is 0 Å². The predicted octanol–water partition coefficient (Wildman–Crippen LogP) is 2.32. The van der Waals surface area contributed by atoms with Crippen LogP contribution in [0.25, 0.3) is 0 Å². The molecule has 1 aliphatic carbocycles. The van der Waals surface area contributed by atoms with Crippen LogP contribution in [0.4, 0.5) is 0 Å². The highest BCUT2D eigenvalue weighted by atomic mass is 16.5. The molecular weight excluding hydrogens is 288 g/mol. The largest absolute Gasteiger partial charge is 0.481 e. The molecule has 0 saturated heterocycles. The van der Waals surface area contributed by atoms with Gasteiger partial charge in [-0.1, -0.05) is 6.58 Å². The van der Waals surface area contributed by atoms with E-state index in [1.807, 2.05) is 0 Å². The van der Waals surface area contributed by atoms with Gasteiger partial charge in [0.2, 0.25) is 0 Å². The topological polar surface area (TPSA) is 89.9 Å². The Morgan fingerprint density at radius 1 is 1.00 bits per heavy atom. The first-order valence-electron chi connectivity index (χ1n) is 7.64. The second kappa shape index (κ2) is 9.23. The first-order valence-corrected chi connectivity index (χ1v) is 7.64. The third-order valence-corrected chi connectivity index (χ3v) is 3.77. The van der Waals surface area contributed by atoms with Crippen LogP contribution in [0, 0.1) is 11.8 Å². The zero-order valence-electron chi connectivity index (χ0n) is 13.0. The van der Waals surface area contributed by atoms with E-state index in [1.54, 1.807) is 6.92 Å². The number of rotatable bonds is 8. The summed E-state index contributed by atoms with van der Waals surface area (Å²) in [4.78, 5) is 33.8. The summed E-state index contributed by atoms with van der Waals surface area (Å²) in [7, 11) is 0. The second-order valence-electron chi connectivity index (χ2n) is 5.68. The van der Waals surface area contributed by atoms with Gasteiger partial charge >= 0.3 is 17.9 Å². The molecule has 1 N–H and O–H groups in total. The van der Waals surface area contributed by atoms with Crippen molar-refractivity contribution in [2.24, 2.45) is 11.8 Å². The lowest BCUT2D eigenvalue weighted by Gasteiger charge is -2.24. The molecule has 0 unspecified atom stereocenters. The molecule has 0 bridgehead atoms. The number of esters is 2. The molecule has 0 atom stereocenters. The van der Waals surface area contributed by atoms with Gasteiger partial charge in [-0.2, -0.15) is 0 Å². The van der Waals surface area contributed by atoms with Crippen LogP contribution < -0.4 is 0 Å². The summed E-state index contributed by atoms with van der Waals surface area (Å²) in [6.45, 7) is 5.65. The van der Waals surface area contributed by atoms with Crippen LogP contribution in [-0.2, 0) is 23.9 Å². The highest BCUT2D eigenvalue weighted by molar-refractivity contribution is 5.86. The monoisotopic (exact) mass is 312 g/mol. The number of carboxylic acids is 1. The molecule has 1 fully saturated rings. The number of hydrogen-bond acceptors (Lipinski definition) is 5. The molecule has 124 valence electrons. The zero-order valence-corrected chi connectivity index (χ0v) is 13.0. The van der Waals surface area contributed by atoms with Gasteiger partial charge in [0, 0.05) is 5.57 Å². The highest BCUT2D eigenvalue weighted by Gasteiger charge is 2.30. The lowest BCUT2D eigenvalue weighted by atomic mass is 9.82. The molecule has 0 aromatic heterocycles. The van der Waals surface area contributed by atoms with Crippen molar-refractivity contribution >= 4 is 17.9 Å². The maximum absolute atomic E-state index is 11.8. The van der Waals surface area contributed by atoms with Gasteiger partial charge < -0.3 is 14.6 Å². The van der Waals surface area contributed by atoms with E-state index in [0.29, 0.717) is 50.7 Å². The standard InChI is InChI=1S/C16H24O6/c1-11(2)15(19)21-9-3-4-10-22-16(20)13-7-5-12(6-8-13)14(17)18/h12-13H,1,3-10H2,2H3,(H,17,18)/t12-,13-. The summed E-state index contributed by atoms with van der Waals surface area (Å²) in [6, 6.07) is 0. The van der Waals surface area contributed by atoms with Crippen molar-refractivity contribution in [1.82, 2.24) is 0 Å². The molecule has 6 nitrogen and oxygen atoms in total. The molecule has 0 heterocycles. The number of carboxylic acid groups (broad SMARTS) is 1. The minimum Gasteiger partial charge on any atom is -0.481 e. The Balaban J connectivity index is 2.08. The fraction of sp³-hybridized carbons (Fsp3) is 0.688. The van der Waals surface area contributed by atoms with Gasteiger partial charge in [0.15, 0.2) is 0 Å². The summed E-state index contributed by atoms with van der Waals surface area (Å²) in [6.07, 6.45) is 3.47. The van der Waals surface area contributed by atoms with E-state index in [4.69, 9.17) is 14.6 Å². The van der Waals surface area contributed by atoms with E-state index in [-0.39, 0.29) is 24.4 Å². The van der Waals surface area contributed by atoms with Crippen molar-refractivity contribution in [2.45, 2.75) is 45.4 Å². The maximum atomic E-state index is 11.8. The Morgan fingerprint density at radius 2 is 1.50 bits per heavy atom. The van der Waals surface area contributed by atoms with Crippen LogP contribution in [0.5, 0.6) is 0 Å². The van der Waals surface area contributed by atoms with Gasteiger partial charge in [0.05, 0.1) is 25.0 Å². The molecule has 22 heavy (non-hydrogen) atoms. The van der Waals surface area contributed by atoms with Crippen LogP contribution in [0.2, 0.25) is 0 Å². The molecule has 0 aromatic rings. The van der Waals surface area contributed by atoms with E-state index in [9.17, 15) is 14.4 Å². The Kier molecular flexibility index (Phi) is 7.63. The summed E-state index contributed by atoms with van der Waals surface area (Å²) in [5.41, 5.74) is 0.364. The van der Waals surface area contributed by atoms with Crippen LogP contribution in [0.3, 0.4) is 0 Å². The van der Waals surface area contributed by atoms with Crippen LogP contribution >= 0.6 is 0 Å². The Labute approximate surface area is 130 Å². The highest BCUT2D eigenvalue weighted by Crippen LogP contribution is 2.29. The molecule has 0 spiro atoms. The van der Waals surface area contributed by atoms with E-state index in [2.05, 4.69) is 6.58 Å². The van der Waals surface area contributed by atoms with E-state index in [0.717, 1.165) is 0 Å². The SMILES string of the molecule is C=C(C)C(=O)OCCCCOC(=O)[C@H]1CC[C@H](C(=O)O)CC1. The van der Waals surface area contributed by atoms with Gasteiger partial charge in [0.1, 0.15) is 0 Å². The molecule has 6 heteroatoms. The summed E-state index contributed by atoms with van der Waals surface area (Å²) in [5.74, 6) is -1.95. The number of carbonyl (C=O) groups excluding carboxylic acids is 2. The van der Waals surface area contributed by atoms with Crippen molar-refractivity contribution in [3.8, 4) is 0 Å². The van der Waals surface area contributed by atoms with Crippen molar-refractivity contribution in [3.05, 3.63) is 12.2 Å². The number of unbranched alkanes of at least 4 members (excludes halogenated alkanes) is 1. The minimum absolute atomic E-state index is 0.183. The smallest absolute Gasteiger partial charge is 0.333 e. The van der Waals surface area contributed by atoms with Crippen molar-refractivity contribution in [2.75, 3.05) is 13.2 Å². The lowest BCUT2D eigenvalue weighted by molar-refractivity contribution is -0.153.